The molecule has 1 heterocycles. The van der Waals surface area contributed by atoms with Gasteiger partial charge in [-0.1, -0.05) is 10.3 Å². The number of nitrogens with two attached hydrogens (primary N) is 1. The Labute approximate surface area is 51.4 Å². The molecule has 1 aromatic heterocycles. The van der Waals surface area contributed by atoms with Gasteiger partial charge in [-0.3, -0.25) is 5.73 Å². The van der Waals surface area contributed by atoms with Gasteiger partial charge in [-0.05, 0) is 6.92 Å². The average molecular weight is 129 g/mol. The molecule has 0 fully saturated rings. The largest absolute Gasteiger partial charge is 0.370 e. The van der Waals surface area contributed by atoms with Crippen molar-refractivity contribution in [3.63, 3.8) is 0 Å². The van der Waals surface area contributed by atoms with Crippen molar-refractivity contribution >= 4 is 0 Å². The molecule has 0 aromatic carbocycles. The van der Waals surface area contributed by atoms with Crippen LogP contribution in [0.25, 0.3) is 0 Å². The predicted octanol–water partition coefficient (Wildman–Crippen LogP) is -0.807. The topological polar surface area (TPSA) is 85.2 Å². The van der Waals surface area contributed by atoms with Gasteiger partial charge >= 0.3 is 0 Å². The van der Waals surface area contributed by atoms with E-state index in [-0.39, 0.29) is 5.69 Å². The maximum atomic E-state index is 8.99. The van der Waals surface area contributed by atoms with Crippen LogP contribution in [-0.4, -0.2) is 15.4 Å². The fourth-order valence-electron chi connectivity index (χ4n) is 0.388. The first-order valence-electron chi connectivity index (χ1n) is 2.40. The van der Waals surface area contributed by atoms with E-state index in [0.29, 0.717) is 0 Å². The molecule has 5 nitrogen and oxygen atoms in total. The van der Waals surface area contributed by atoms with Crippen molar-refractivity contribution in [1.29, 1.82) is 0 Å². The van der Waals surface area contributed by atoms with Crippen molar-refractivity contribution in [3.8, 4) is 0 Å². The minimum Gasteiger partial charge on any atom is -0.370 e. The van der Waals surface area contributed by atoms with E-state index in [1.807, 2.05) is 0 Å². The number of rotatable bonds is 1. The molecule has 1 atom stereocenters. The van der Waals surface area contributed by atoms with Gasteiger partial charge < -0.3 is 5.11 Å². The van der Waals surface area contributed by atoms with Crippen LogP contribution in [0.15, 0.2) is 10.8 Å². The summed E-state index contributed by atoms with van der Waals surface area (Å²) in [5.41, 5.74) is 3.97. The van der Waals surface area contributed by atoms with Crippen LogP contribution >= 0.6 is 0 Å². The molecule has 1 rings (SSSR count). The van der Waals surface area contributed by atoms with Crippen molar-refractivity contribution in [2.24, 2.45) is 5.73 Å². The highest BCUT2D eigenvalue weighted by Gasteiger charge is 2.20. The molecule has 0 aliphatic carbocycles. The number of hydrogen-bond acceptors (Lipinski definition) is 5. The summed E-state index contributed by atoms with van der Waals surface area (Å²) < 4.78 is 4.20. The Morgan fingerprint density at radius 2 is 2.56 bits per heavy atom. The molecule has 0 bridgehead atoms. The Kier molecular flexibility index (Phi) is 1.22. The first-order valence-corrected chi connectivity index (χ1v) is 2.40. The van der Waals surface area contributed by atoms with Gasteiger partial charge in [0.25, 0.3) is 0 Å². The molecule has 3 N–H and O–H groups in total. The maximum Gasteiger partial charge on any atom is 0.158 e. The second kappa shape index (κ2) is 1.78. The molecule has 5 heteroatoms. The standard InChI is InChI=1S/C4H7N3O2/c1-4(5,8)3-2-6-9-7-3/h2,8H,5H2,1H3. The molecule has 0 aliphatic rings. The summed E-state index contributed by atoms with van der Waals surface area (Å²) >= 11 is 0. The van der Waals surface area contributed by atoms with E-state index < -0.39 is 5.72 Å². The molecule has 0 saturated heterocycles. The van der Waals surface area contributed by atoms with E-state index >= 15 is 0 Å². The molecule has 1 unspecified atom stereocenters. The van der Waals surface area contributed by atoms with Crippen LogP contribution in [0.3, 0.4) is 0 Å². The highest BCUT2D eigenvalue weighted by molar-refractivity contribution is 4.99. The van der Waals surface area contributed by atoms with Crippen molar-refractivity contribution in [3.05, 3.63) is 11.9 Å². The lowest BCUT2D eigenvalue weighted by atomic mass is 10.2. The second-order valence-electron chi connectivity index (χ2n) is 1.94. The average Bonchev–Trinajstić information content (AvgIpc) is 2.08. The SMILES string of the molecule is CC(N)(O)c1cnon1. The van der Waals surface area contributed by atoms with E-state index in [1.165, 1.54) is 13.1 Å². The van der Waals surface area contributed by atoms with Gasteiger partial charge in [-0.2, -0.15) is 0 Å². The molecule has 1 aromatic rings. The zero-order chi connectivity index (χ0) is 6.91. The summed E-state index contributed by atoms with van der Waals surface area (Å²) in [5, 5.41) is 15.6. The van der Waals surface area contributed by atoms with Gasteiger partial charge in [-0.15, -0.1) is 0 Å². The summed E-state index contributed by atoms with van der Waals surface area (Å²) in [6, 6.07) is 0. The molecule has 0 spiro atoms. The first-order chi connectivity index (χ1) is 4.11. The normalized spacial score (nSPS) is 17.2. The Hall–Kier alpha value is -0.940. The van der Waals surface area contributed by atoms with Crippen LogP contribution in [0.5, 0.6) is 0 Å². The van der Waals surface area contributed by atoms with Crippen LogP contribution in [0.4, 0.5) is 0 Å². The summed E-state index contributed by atoms with van der Waals surface area (Å²) in [6.07, 6.45) is 1.26. The Morgan fingerprint density at radius 1 is 1.89 bits per heavy atom. The number of hydrogen-bond donors (Lipinski definition) is 2. The van der Waals surface area contributed by atoms with Crippen LogP contribution in [0.2, 0.25) is 0 Å². The minimum atomic E-state index is -1.44. The molecule has 0 amide bonds. The van der Waals surface area contributed by atoms with Gasteiger partial charge in [-0.25, -0.2) is 4.63 Å². The monoisotopic (exact) mass is 129 g/mol. The van der Waals surface area contributed by atoms with E-state index in [9.17, 15) is 0 Å². The second-order valence-corrected chi connectivity index (χ2v) is 1.94. The zero-order valence-electron chi connectivity index (χ0n) is 4.90. The van der Waals surface area contributed by atoms with Crippen LogP contribution in [0, 0.1) is 0 Å². The highest BCUT2D eigenvalue weighted by Crippen LogP contribution is 2.07. The van der Waals surface area contributed by atoms with Gasteiger partial charge in [0.15, 0.2) is 11.4 Å². The Bertz CT molecular complexity index is 176. The van der Waals surface area contributed by atoms with E-state index in [1.54, 1.807) is 0 Å². The van der Waals surface area contributed by atoms with E-state index in [0.717, 1.165) is 0 Å². The van der Waals surface area contributed by atoms with Crippen molar-refractivity contribution in [2.45, 2.75) is 12.6 Å². The third-order valence-corrected chi connectivity index (χ3v) is 0.880. The molecule has 0 aliphatic heterocycles. The third-order valence-electron chi connectivity index (χ3n) is 0.880. The third kappa shape index (κ3) is 1.24. The quantitative estimate of drug-likeness (QED) is 0.484. The predicted molar refractivity (Wildman–Crippen MR) is 28.1 cm³/mol. The van der Waals surface area contributed by atoms with Gasteiger partial charge in [0.05, 0.1) is 6.20 Å². The Morgan fingerprint density at radius 3 is 2.78 bits per heavy atom. The smallest absolute Gasteiger partial charge is 0.158 e. The maximum absolute atomic E-state index is 8.99. The van der Waals surface area contributed by atoms with Gasteiger partial charge in [0.1, 0.15) is 0 Å². The fraction of sp³-hybridized carbons (Fsp3) is 0.500. The summed E-state index contributed by atoms with van der Waals surface area (Å²) in [5.74, 6) is 0. The number of aromatic nitrogens is 2. The molecular formula is C4H7N3O2. The molecule has 50 valence electrons. The molecular weight excluding hydrogens is 122 g/mol. The van der Waals surface area contributed by atoms with Crippen LogP contribution < -0.4 is 5.73 Å². The molecule has 0 saturated carbocycles. The van der Waals surface area contributed by atoms with Gasteiger partial charge in [0.2, 0.25) is 0 Å². The number of nitrogens with zero attached hydrogens (tertiary/aromatic N) is 2. The van der Waals surface area contributed by atoms with Crippen LogP contribution in [-0.2, 0) is 5.72 Å². The summed E-state index contributed by atoms with van der Waals surface area (Å²) in [6.45, 7) is 1.40. The van der Waals surface area contributed by atoms with Crippen molar-refractivity contribution in [2.75, 3.05) is 0 Å². The number of aliphatic hydroxyl groups is 1. The lowest BCUT2D eigenvalue weighted by Crippen LogP contribution is -2.32. The lowest BCUT2D eigenvalue weighted by Gasteiger charge is -2.10. The zero-order valence-corrected chi connectivity index (χ0v) is 4.90. The van der Waals surface area contributed by atoms with Crippen molar-refractivity contribution in [1.82, 2.24) is 10.3 Å². The van der Waals surface area contributed by atoms with Gasteiger partial charge in [0, 0.05) is 0 Å². The first kappa shape index (κ1) is 6.18. The van der Waals surface area contributed by atoms with E-state index in [4.69, 9.17) is 10.8 Å². The lowest BCUT2D eigenvalue weighted by molar-refractivity contribution is 0.0560. The summed E-state index contributed by atoms with van der Waals surface area (Å²) in [4.78, 5) is 0. The van der Waals surface area contributed by atoms with Crippen molar-refractivity contribution < 1.29 is 9.74 Å². The highest BCUT2D eigenvalue weighted by atomic mass is 16.6. The molecule has 9 heavy (non-hydrogen) atoms. The van der Waals surface area contributed by atoms with Crippen LogP contribution in [0.1, 0.15) is 12.6 Å². The minimum absolute atomic E-state index is 0.225. The fourth-order valence-corrected chi connectivity index (χ4v) is 0.388. The summed E-state index contributed by atoms with van der Waals surface area (Å²) in [7, 11) is 0. The Balaban J connectivity index is 2.90. The molecule has 0 radical (unpaired) electrons. The van der Waals surface area contributed by atoms with E-state index in [2.05, 4.69) is 14.9 Å².